The lowest BCUT2D eigenvalue weighted by atomic mass is 9.95. The predicted octanol–water partition coefficient (Wildman–Crippen LogP) is 4.09. The Morgan fingerprint density at radius 1 is 1.07 bits per heavy atom. The van der Waals surface area contributed by atoms with Crippen LogP contribution in [0.3, 0.4) is 0 Å². The number of piperidine rings is 1. The van der Waals surface area contributed by atoms with Gasteiger partial charge in [-0.1, -0.05) is 34.1 Å². The molecule has 5 nitrogen and oxygen atoms in total. The minimum atomic E-state index is -0.555. The zero-order valence-corrected chi connectivity index (χ0v) is 16.8. The molecule has 0 aliphatic carbocycles. The van der Waals surface area contributed by atoms with Gasteiger partial charge in [0.15, 0.2) is 6.10 Å². The Morgan fingerprint density at radius 3 is 2.33 bits per heavy atom. The van der Waals surface area contributed by atoms with Crippen LogP contribution in [-0.2, 0) is 9.59 Å². The second-order valence-corrected chi connectivity index (χ2v) is 7.58. The number of carbonyl (C=O) groups excluding carboxylic acids is 2. The number of nitrogens with zero attached hydrogens (tertiary/aromatic N) is 1. The van der Waals surface area contributed by atoms with E-state index in [-0.39, 0.29) is 17.7 Å². The number of nitrogens with one attached hydrogen (secondary N) is 1. The first-order valence-corrected chi connectivity index (χ1v) is 9.89. The fourth-order valence-electron chi connectivity index (χ4n) is 3.15. The number of rotatable bonds is 5. The summed E-state index contributed by atoms with van der Waals surface area (Å²) in [5.41, 5.74) is 0.803. The molecular formula is C21H23BrN2O3. The number of para-hydroxylation sites is 1. The molecule has 142 valence electrons. The van der Waals surface area contributed by atoms with Crippen molar-refractivity contribution in [2.75, 3.05) is 18.4 Å². The highest BCUT2D eigenvalue weighted by Gasteiger charge is 2.30. The minimum Gasteiger partial charge on any atom is -0.481 e. The zero-order valence-electron chi connectivity index (χ0n) is 15.2. The maximum atomic E-state index is 12.6. The number of carbonyl (C=O) groups is 2. The number of halogens is 1. The first-order valence-electron chi connectivity index (χ1n) is 9.10. The van der Waals surface area contributed by atoms with Crippen LogP contribution in [-0.4, -0.2) is 35.9 Å². The van der Waals surface area contributed by atoms with Crippen molar-refractivity contribution in [3.8, 4) is 5.75 Å². The maximum absolute atomic E-state index is 12.6. The van der Waals surface area contributed by atoms with Crippen LogP contribution in [0.4, 0.5) is 5.69 Å². The number of hydrogen-bond acceptors (Lipinski definition) is 3. The maximum Gasteiger partial charge on any atom is 0.263 e. The summed E-state index contributed by atoms with van der Waals surface area (Å²) in [6.45, 7) is 2.90. The van der Waals surface area contributed by atoms with Crippen LogP contribution in [0.1, 0.15) is 19.8 Å². The van der Waals surface area contributed by atoms with E-state index in [1.807, 2.05) is 54.6 Å². The van der Waals surface area contributed by atoms with Crippen molar-refractivity contribution in [3.05, 3.63) is 59.1 Å². The lowest BCUT2D eigenvalue weighted by Gasteiger charge is -2.33. The molecule has 1 unspecified atom stereocenters. The Hall–Kier alpha value is -2.34. The molecule has 6 heteroatoms. The van der Waals surface area contributed by atoms with Crippen LogP contribution < -0.4 is 10.1 Å². The average Bonchev–Trinajstić information content (AvgIpc) is 2.70. The van der Waals surface area contributed by atoms with Crippen LogP contribution in [0.5, 0.6) is 5.75 Å². The van der Waals surface area contributed by atoms with Gasteiger partial charge in [-0.05, 0) is 56.2 Å². The number of likely N-dealkylation sites (tertiary alicyclic amines) is 1. The quantitative estimate of drug-likeness (QED) is 0.776. The average molecular weight is 431 g/mol. The van der Waals surface area contributed by atoms with Crippen LogP contribution >= 0.6 is 15.9 Å². The van der Waals surface area contributed by atoms with E-state index in [4.69, 9.17) is 4.74 Å². The van der Waals surface area contributed by atoms with E-state index in [9.17, 15) is 9.59 Å². The molecule has 0 spiro atoms. The molecule has 1 aliphatic rings. The molecule has 1 saturated heterocycles. The smallest absolute Gasteiger partial charge is 0.263 e. The Labute approximate surface area is 167 Å². The van der Waals surface area contributed by atoms with Gasteiger partial charge >= 0.3 is 0 Å². The number of amides is 2. The SMILES string of the molecule is CC(Oc1ccc(Br)cc1)C(=O)N1CCC(C(=O)Nc2ccccc2)CC1. The van der Waals surface area contributed by atoms with Crippen molar-refractivity contribution < 1.29 is 14.3 Å². The predicted molar refractivity (Wildman–Crippen MR) is 109 cm³/mol. The van der Waals surface area contributed by atoms with E-state index in [0.29, 0.717) is 31.7 Å². The summed E-state index contributed by atoms with van der Waals surface area (Å²) >= 11 is 3.38. The van der Waals surface area contributed by atoms with Crippen molar-refractivity contribution in [2.45, 2.75) is 25.9 Å². The van der Waals surface area contributed by atoms with Gasteiger partial charge in [-0.2, -0.15) is 0 Å². The van der Waals surface area contributed by atoms with Crippen molar-refractivity contribution in [1.29, 1.82) is 0 Å². The Kier molecular flexibility index (Phi) is 6.50. The number of anilines is 1. The third kappa shape index (κ3) is 5.32. The molecule has 1 N–H and O–H groups in total. The van der Waals surface area contributed by atoms with E-state index in [0.717, 1.165) is 10.2 Å². The lowest BCUT2D eigenvalue weighted by Crippen LogP contribution is -2.46. The highest BCUT2D eigenvalue weighted by atomic mass is 79.9. The van der Waals surface area contributed by atoms with Crippen molar-refractivity contribution in [3.63, 3.8) is 0 Å². The first-order chi connectivity index (χ1) is 13.0. The molecule has 3 rings (SSSR count). The largest absolute Gasteiger partial charge is 0.481 e. The first kappa shape index (κ1) is 19.4. The van der Waals surface area contributed by atoms with E-state index in [1.165, 1.54) is 0 Å². The fraction of sp³-hybridized carbons (Fsp3) is 0.333. The molecule has 2 amide bonds. The highest BCUT2D eigenvalue weighted by Crippen LogP contribution is 2.22. The number of ether oxygens (including phenoxy) is 1. The van der Waals surface area contributed by atoms with E-state index in [1.54, 1.807) is 11.8 Å². The molecule has 0 bridgehead atoms. The molecule has 2 aromatic rings. The molecular weight excluding hydrogens is 408 g/mol. The standard InChI is InChI=1S/C21H23BrN2O3/c1-15(27-19-9-7-17(22)8-10-19)21(26)24-13-11-16(12-14-24)20(25)23-18-5-3-2-4-6-18/h2-10,15-16H,11-14H2,1H3,(H,23,25). The van der Waals surface area contributed by atoms with Gasteiger partial charge in [-0.15, -0.1) is 0 Å². The van der Waals surface area contributed by atoms with Crippen LogP contribution in [0.2, 0.25) is 0 Å². The summed E-state index contributed by atoms with van der Waals surface area (Å²) in [7, 11) is 0. The Morgan fingerprint density at radius 2 is 1.70 bits per heavy atom. The van der Waals surface area contributed by atoms with Crippen molar-refractivity contribution >= 4 is 33.4 Å². The normalized spacial score (nSPS) is 15.9. The van der Waals surface area contributed by atoms with Gasteiger partial charge in [0.2, 0.25) is 5.91 Å². The molecule has 1 aliphatic heterocycles. The fourth-order valence-corrected chi connectivity index (χ4v) is 3.42. The Balaban J connectivity index is 1.48. The third-order valence-corrected chi connectivity index (χ3v) is 5.22. The minimum absolute atomic E-state index is 0.0208. The summed E-state index contributed by atoms with van der Waals surface area (Å²) in [4.78, 5) is 26.8. The van der Waals surface area contributed by atoms with Gasteiger partial charge in [0.25, 0.3) is 5.91 Å². The second-order valence-electron chi connectivity index (χ2n) is 6.67. The number of hydrogen-bond donors (Lipinski definition) is 1. The van der Waals surface area contributed by atoms with E-state index < -0.39 is 6.10 Å². The van der Waals surface area contributed by atoms with Crippen LogP contribution in [0.25, 0.3) is 0 Å². The third-order valence-electron chi connectivity index (χ3n) is 4.69. The molecule has 1 atom stereocenters. The molecule has 27 heavy (non-hydrogen) atoms. The summed E-state index contributed by atoms with van der Waals surface area (Å²) in [5, 5.41) is 2.94. The zero-order chi connectivity index (χ0) is 19.2. The van der Waals surface area contributed by atoms with Crippen molar-refractivity contribution in [1.82, 2.24) is 4.90 Å². The summed E-state index contributed by atoms with van der Waals surface area (Å²) in [6, 6.07) is 16.9. The van der Waals surface area contributed by atoms with Crippen molar-refractivity contribution in [2.24, 2.45) is 5.92 Å². The molecule has 0 aromatic heterocycles. The van der Waals surface area contributed by atoms with Gasteiger partial charge in [0.05, 0.1) is 0 Å². The summed E-state index contributed by atoms with van der Waals surface area (Å²) in [6.07, 6.45) is 0.769. The topological polar surface area (TPSA) is 58.6 Å². The summed E-state index contributed by atoms with van der Waals surface area (Å²) in [5.74, 6) is 0.570. The van der Waals surface area contributed by atoms with Gasteiger partial charge in [-0.25, -0.2) is 0 Å². The van der Waals surface area contributed by atoms with E-state index >= 15 is 0 Å². The molecule has 1 fully saturated rings. The van der Waals surface area contributed by atoms with Gasteiger partial charge < -0.3 is 15.0 Å². The molecule has 0 saturated carbocycles. The molecule has 2 aromatic carbocycles. The Bertz CT molecular complexity index is 772. The monoisotopic (exact) mass is 430 g/mol. The highest BCUT2D eigenvalue weighted by molar-refractivity contribution is 9.10. The van der Waals surface area contributed by atoms with Gasteiger partial charge in [0, 0.05) is 29.2 Å². The number of benzene rings is 2. The van der Waals surface area contributed by atoms with E-state index in [2.05, 4.69) is 21.2 Å². The molecule has 0 radical (unpaired) electrons. The lowest BCUT2D eigenvalue weighted by molar-refractivity contribution is -0.140. The van der Waals surface area contributed by atoms with Gasteiger partial charge in [0.1, 0.15) is 5.75 Å². The van der Waals surface area contributed by atoms with Crippen LogP contribution in [0.15, 0.2) is 59.1 Å². The van der Waals surface area contributed by atoms with Gasteiger partial charge in [-0.3, -0.25) is 9.59 Å². The summed E-state index contributed by atoms with van der Waals surface area (Å²) < 4.78 is 6.71. The van der Waals surface area contributed by atoms with Crippen LogP contribution in [0, 0.1) is 5.92 Å². The molecule has 1 heterocycles. The second kappa shape index (κ2) is 9.04.